The van der Waals surface area contributed by atoms with Crippen LogP contribution < -0.4 is 15.8 Å². The molecule has 0 heterocycles. The minimum absolute atomic E-state index is 0.0296. The first-order valence-corrected chi connectivity index (χ1v) is 9.59. The van der Waals surface area contributed by atoms with Gasteiger partial charge in [-0.3, -0.25) is 4.79 Å². The van der Waals surface area contributed by atoms with Crippen LogP contribution >= 0.6 is 0 Å². The van der Waals surface area contributed by atoms with Gasteiger partial charge in [0.1, 0.15) is 18.2 Å². The summed E-state index contributed by atoms with van der Waals surface area (Å²) >= 11 is 0. The van der Waals surface area contributed by atoms with Crippen molar-refractivity contribution in [2.75, 3.05) is 13.2 Å². The predicted octanol–water partition coefficient (Wildman–Crippen LogP) is 3.23. The molecule has 1 aliphatic rings. The summed E-state index contributed by atoms with van der Waals surface area (Å²) in [7, 11) is 0. The number of nitrogens with two attached hydrogens (primary N) is 1. The number of hydrogen-bond acceptors (Lipinski definition) is 3. The Balaban J connectivity index is 1.54. The number of halogens is 1. The zero-order valence-electron chi connectivity index (χ0n) is 15.5. The van der Waals surface area contributed by atoms with Crippen molar-refractivity contribution in [3.63, 3.8) is 0 Å². The van der Waals surface area contributed by atoms with E-state index in [1.807, 2.05) is 36.4 Å². The first-order chi connectivity index (χ1) is 13.1. The molecule has 0 unspecified atom stereocenters. The van der Waals surface area contributed by atoms with Gasteiger partial charge in [0.05, 0.1) is 6.42 Å². The van der Waals surface area contributed by atoms with E-state index in [2.05, 4.69) is 5.32 Å². The highest BCUT2D eigenvalue weighted by Gasteiger charge is 2.28. The molecule has 2 aromatic carbocycles. The number of ether oxygens (including phenoxy) is 1. The molecule has 3 rings (SSSR count). The molecule has 2 aromatic rings. The third-order valence-corrected chi connectivity index (χ3v) is 5.07. The third kappa shape index (κ3) is 5.79. The third-order valence-electron chi connectivity index (χ3n) is 5.07. The van der Waals surface area contributed by atoms with Crippen LogP contribution in [0.4, 0.5) is 4.39 Å². The first kappa shape index (κ1) is 19.4. The van der Waals surface area contributed by atoms with E-state index in [-0.39, 0.29) is 17.8 Å². The van der Waals surface area contributed by atoms with Crippen molar-refractivity contribution in [3.8, 4) is 5.75 Å². The van der Waals surface area contributed by atoms with E-state index in [1.54, 1.807) is 0 Å². The van der Waals surface area contributed by atoms with Crippen LogP contribution in [-0.4, -0.2) is 25.1 Å². The molecule has 4 nitrogen and oxygen atoms in total. The summed E-state index contributed by atoms with van der Waals surface area (Å²) in [6, 6.07) is 14.4. The van der Waals surface area contributed by atoms with Crippen molar-refractivity contribution >= 4 is 5.91 Å². The second-order valence-corrected chi connectivity index (χ2v) is 7.16. The molecule has 5 heteroatoms. The number of rotatable bonds is 8. The largest absolute Gasteiger partial charge is 0.492 e. The molecule has 0 spiro atoms. The van der Waals surface area contributed by atoms with E-state index in [0.717, 1.165) is 42.6 Å². The molecule has 0 saturated heterocycles. The molecule has 0 aromatic heterocycles. The van der Waals surface area contributed by atoms with Crippen molar-refractivity contribution in [1.29, 1.82) is 0 Å². The zero-order chi connectivity index (χ0) is 19.1. The normalized spacial score (nSPS) is 19.0. The first-order valence-electron chi connectivity index (χ1n) is 9.59. The van der Waals surface area contributed by atoms with Crippen LogP contribution in [-0.2, 0) is 17.6 Å². The Morgan fingerprint density at radius 3 is 2.74 bits per heavy atom. The topological polar surface area (TPSA) is 64.3 Å². The van der Waals surface area contributed by atoms with Crippen molar-refractivity contribution in [1.82, 2.24) is 5.32 Å². The maximum absolute atomic E-state index is 13.1. The molecule has 3 N–H and O–H groups in total. The molecule has 144 valence electrons. The smallest absolute Gasteiger partial charge is 0.224 e. The lowest BCUT2D eigenvalue weighted by Crippen LogP contribution is -2.38. The van der Waals surface area contributed by atoms with Gasteiger partial charge < -0.3 is 15.8 Å². The van der Waals surface area contributed by atoms with Gasteiger partial charge in [-0.05, 0) is 60.6 Å². The predicted molar refractivity (Wildman–Crippen MR) is 104 cm³/mol. The summed E-state index contributed by atoms with van der Waals surface area (Å²) in [6.45, 7) is 0.921. The fourth-order valence-corrected chi connectivity index (χ4v) is 3.76. The zero-order valence-corrected chi connectivity index (χ0v) is 15.5. The van der Waals surface area contributed by atoms with Gasteiger partial charge in [0.15, 0.2) is 0 Å². The van der Waals surface area contributed by atoms with Crippen molar-refractivity contribution in [2.24, 2.45) is 11.7 Å². The SMILES string of the molecule is NCCOc1cccc(CC(=O)N[C@H]2CCC[C@H]2Cc2ccc(F)cc2)c1. The molecule has 1 aliphatic carbocycles. The minimum atomic E-state index is -0.215. The Bertz CT molecular complexity index is 748. The molecular formula is C22H27FN2O2. The van der Waals surface area contributed by atoms with E-state index in [0.29, 0.717) is 25.5 Å². The molecule has 0 aliphatic heterocycles. The Morgan fingerprint density at radius 2 is 1.96 bits per heavy atom. The lowest BCUT2D eigenvalue weighted by molar-refractivity contribution is -0.121. The van der Waals surface area contributed by atoms with Crippen molar-refractivity contribution in [3.05, 3.63) is 65.5 Å². The monoisotopic (exact) mass is 370 g/mol. The van der Waals surface area contributed by atoms with Gasteiger partial charge in [-0.1, -0.05) is 30.7 Å². The average molecular weight is 370 g/mol. The van der Waals surface area contributed by atoms with Crippen LogP contribution in [0, 0.1) is 11.7 Å². The fraction of sp³-hybridized carbons (Fsp3) is 0.409. The Kier molecular flexibility index (Phi) is 6.82. The summed E-state index contributed by atoms with van der Waals surface area (Å²) in [4.78, 5) is 12.5. The van der Waals surface area contributed by atoms with Gasteiger partial charge in [0.2, 0.25) is 5.91 Å². The molecular weight excluding hydrogens is 343 g/mol. The number of nitrogens with one attached hydrogen (secondary N) is 1. The van der Waals surface area contributed by atoms with Gasteiger partial charge in [0.25, 0.3) is 0 Å². The fourth-order valence-electron chi connectivity index (χ4n) is 3.76. The van der Waals surface area contributed by atoms with E-state index < -0.39 is 0 Å². The average Bonchev–Trinajstić information content (AvgIpc) is 3.08. The number of hydrogen-bond donors (Lipinski definition) is 2. The highest BCUT2D eigenvalue weighted by Crippen LogP contribution is 2.29. The molecule has 1 saturated carbocycles. The van der Waals surface area contributed by atoms with Crippen LogP contribution in [0.2, 0.25) is 0 Å². The Labute approximate surface area is 159 Å². The summed E-state index contributed by atoms with van der Waals surface area (Å²) in [5.41, 5.74) is 7.50. The van der Waals surface area contributed by atoms with Crippen LogP contribution in [0.1, 0.15) is 30.4 Å². The summed E-state index contributed by atoms with van der Waals surface area (Å²) in [5.74, 6) is 0.953. The van der Waals surface area contributed by atoms with Crippen LogP contribution in [0.3, 0.4) is 0 Å². The van der Waals surface area contributed by atoms with E-state index in [9.17, 15) is 9.18 Å². The molecule has 27 heavy (non-hydrogen) atoms. The number of amides is 1. The van der Waals surface area contributed by atoms with E-state index in [1.165, 1.54) is 12.1 Å². The summed E-state index contributed by atoms with van der Waals surface area (Å²) in [5, 5.41) is 3.20. The minimum Gasteiger partial charge on any atom is -0.492 e. The van der Waals surface area contributed by atoms with Gasteiger partial charge in [0, 0.05) is 12.6 Å². The van der Waals surface area contributed by atoms with E-state index >= 15 is 0 Å². The maximum atomic E-state index is 13.1. The molecule has 1 fully saturated rings. The van der Waals surface area contributed by atoms with Gasteiger partial charge in [-0.25, -0.2) is 4.39 Å². The number of carbonyl (C=O) groups is 1. The van der Waals surface area contributed by atoms with Crippen molar-refractivity contribution in [2.45, 2.75) is 38.1 Å². The van der Waals surface area contributed by atoms with Gasteiger partial charge in [-0.15, -0.1) is 0 Å². The second kappa shape index (κ2) is 9.51. The summed E-state index contributed by atoms with van der Waals surface area (Å²) in [6.07, 6.45) is 4.40. The standard InChI is InChI=1S/C22H27FN2O2/c23-19-9-7-16(8-10-19)13-18-4-2-6-21(18)25-22(26)15-17-3-1-5-20(14-17)27-12-11-24/h1,3,5,7-10,14,18,21H,2,4,6,11-13,15,24H2,(H,25,26)/t18-,21-/m0/s1. The van der Waals surface area contributed by atoms with Crippen LogP contribution in [0.15, 0.2) is 48.5 Å². The Morgan fingerprint density at radius 1 is 1.15 bits per heavy atom. The molecule has 2 atom stereocenters. The molecule has 1 amide bonds. The Hall–Kier alpha value is -2.40. The maximum Gasteiger partial charge on any atom is 0.224 e. The molecule has 0 bridgehead atoms. The number of benzene rings is 2. The highest BCUT2D eigenvalue weighted by molar-refractivity contribution is 5.79. The van der Waals surface area contributed by atoms with Crippen LogP contribution in [0.5, 0.6) is 5.75 Å². The molecule has 0 radical (unpaired) electrons. The lowest BCUT2D eigenvalue weighted by Gasteiger charge is -2.21. The lowest BCUT2D eigenvalue weighted by atomic mass is 9.94. The second-order valence-electron chi connectivity index (χ2n) is 7.16. The van der Waals surface area contributed by atoms with Crippen LogP contribution in [0.25, 0.3) is 0 Å². The summed E-state index contributed by atoms with van der Waals surface area (Å²) < 4.78 is 18.6. The van der Waals surface area contributed by atoms with Gasteiger partial charge >= 0.3 is 0 Å². The highest BCUT2D eigenvalue weighted by atomic mass is 19.1. The van der Waals surface area contributed by atoms with Gasteiger partial charge in [-0.2, -0.15) is 0 Å². The quantitative estimate of drug-likeness (QED) is 0.750. The van der Waals surface area contributed by atoms with Crippen molar-refractivity contribution < 1.29 is 13.9 Å². The van der Waals surface area contributed by atoms with E-state index in [4.69, 9.17) is 10.5 Å². The number of carbonyl (C=O) groups excluding carboxylic acids is 1.